The van der Waals surface area contributed by atoms with Crippen LogP contribution < -0.4 is 9.47 Å². The maximum Gasteiger partial charge on any atom is 0.296 e. The molecule has 0 saturated carbocycles. The van der Waals surface area contributed by atoms with Crippen LogP contribution in [0.15, 0.2) is 70.9 Å². The molecule has 7 heteroatoms. The summed E-state index contributed by atoms with van der Waals surface area (Å²) in [7, 11) is 3.11. The number of benzene rings is 2. The van der Waals surface area contributed by atoms with Gasteiger partial charge in [-0.2, -0.15) is 0 Å². The quantitative estimate of drug-likeness (QED) is 0.301. The van der Waals surface area contributed by atoms with Gasteiger partial charge in [-0.1, -0.05) is 32.0 Å². The second kappa shape index (κ2) is 9.47. The van der Waals surface area contributed by atoms with Crippen LogP contribution in [0.5, 0.6) is 11.5 Å². The van der Waals surface area contributed by atoms with Crippen LogP contribution in [0, 0.1) is 0 Å². The number of hydrogen-bond acceptors (Lipinski definition) is 6. The van der Waals surface area contributed by atoms with E-state index in [1.165, 1.54) is 18.3 Å². The van der Waals surface area contributed by atoms with Gasteiger partial charge in [-0.25, -0.2) is 0 Å². The highest BCUT2D eigenvalue weighted by atomic mass is 16.5. The molecule has 1 atom stereocenters. The number of para-hydroxylation sites is 1. The predicted octanol–water partition coefficient (Wildman–Crippen LogP) is 5.04. The van der Waals surface area contributed by atoms with Crippen LogP contribution in [0.25, 0.3) is 5.76 Å². The smallest absolute Gasteiger partial charge is 0.296 e. The molecule has 4 rings (SSSR count). The molecule has 1 aromatic heterocycles. The number of carbonyl (C=O) groups is 2. The summed E-state index contributed by atoms with van der Waals surface area (Å²) in [5.41, 5.74) is 1.90. The number of ether oxygens (including phenoxy) is 2. The first-order valence-electron chi connectivity index (χ1n) is 11.0. The fourth-order valence-corrected chi connectivity index (χ4v) is 4.32. The molecular formula is C27H27NO6. The number of furan rings is 1. The summed E-state index contributed by atoms with van der Waals surface area (Å²) in [5.74, 6) is 0.102. The maximum absolute atomic E-state index is 13.3. The van der Waals surface area contributed by atoms with Crippen molar-refractivity contribution in [3.8, 4) is 11.5 Å². The molecule has 0 radical (unpaired) electrons. The minimum absolute atomic E-state index is 0.000860. The van der Waals surface area contributed by atoms with Crippen LogP contribution in [0.2, 0.25) is 0 Å². The number of hydrogen-bond donors (Lipinski definition) is 1. The van der Waals surface area contributed by atoms with Crippen molar-refractivity contribution < 1.29 is 28.6 Å². The number of methoxy groups -OCH3 is 2. The third kappa shape index (κ3) is 4.05. The average Bonchev–Trinajstić information content (AvgIpc) is 3.45. The minimum Gasteiger partial charge on any atom is -0.507 e. The molecule has 1 aliphatic rings. The van der Waals surface area contributed by atoms with Gasteiger partial charge in [-0.3, -0.25) is 9.59 Å². The molecule has 3 aromatic rings. The number of amides is 1. The van der Waals surface area contributed by atoms with E-state index in [-0.39, 0.29) is 23.8 Å². The lowest BCUT2D eigenvalue weighted by Crippen LogP contribution is -2.29. The molecule has 34 heavy (non-hydrogen) atoms. The van der Waals surface area contributed by atoms with E-state index in [4.69, 9.17) is 13.9 Å². The molecule has 2 heterocycles. The van der Waals surface area contributed by atoms with Gasteiger partial charge in [-0.05, 0) is 47.9 Å². The largest absolute Gasteiger partial charge is 0.507 e. The van der Waals surface area contributed by atoms with Crippen molar-refractivity contribution in [2.45, 2.75) is 32.4 Å². The zero-order valence-corrected chi connectivity index (χ0v) is 19.6. The second-order valence-corrected chi connectivity index (χ2v) is 8.36. The number of Topliss-reactive ketones (excluding diaryl/α,β-unsaturated/α-hetero) is 1. The van der Waals surface area contributed by atoms with Crippen molar-refractivity contribution in [1.29, 1.82) is 0 Å². The van der Waals surface area contributed by atoms with E-state index in [0.717, 1.165) is 5.56 Å². The molecule has 1 saturated heterocycles. The first-order chi connectivity index (χ1) is 16.4. The molecule has 2 aromatic carbocycles. The van der Waals surface area contributed by atoms with E-state index in [0.29, 0.717) is 28.4 Å². The highest BCUT2D eigenvalue weighted by molar-refractivity contribution is 6.46. The Morgan fingerprint density at radius 2 is 1.76 bits per heavy atom. The fourth-order valence-electron chi connectivity index (χ4n) is 4.32. The molecule has 1 fully saturated rings. The van der Waals surface area contributed by atoms with E-state index < -0.39 is 17.7 Å². The number of rotatable bonds is 7. The van der Waals surface area contributed by atoms with E-state index in [1.54, 1.807) is 61.7 Å². The molecule has 0 spiro atoms. The molecule has 176 valence electrons. The van der Waals surface area contributed by atoms with Gasteiger partial charge in [0.1, 0.15) is 23.0 Å². The molecule has 1 amide bonds. The summed E-state index contributed by atoms with van der Waals surface area (Å²) in [6, 6.07) is 15.0. The van der Waals surface area contributed by atoms with Crippen molar-refractivity contribution >= 4 is 17.4 Å². The number of aliphatic hydroxyl groups is 1. The summed E-state index contributed by atoms with van der Waals surface area (Å²) < 4.78 is 16.4. The van der Waals surface area contributed by atoms with Crippen LogP contribution in [-0.4, -0.2) is 35.9 Å². The zero-order chi connectivity index (χ0) is 24.4. The van der Waals surface area contributed by atoms with Crippen LogP contribution in [-0.2, 0) is 16.1 Å². The standard InChI is InChI=1S/C27H27NO6/c1-16(2)20-14-17(11-12-22(20)33-4)25(29)23-24(19-9-5-6-10-21(19)32-3)28(27(31)26(23)30)15-18-8-7-13-34-18/h5-14,16,24,29H,15H2,1-4H3/b25-23+. The van der Waals surface area contributed by atoms with E-state index in [1.807, 2.05) is 13.8 Å². The van der Waals surface area contributed by atoms with Gasteiger partial charge in [0.2, 0.25) is 0 Å². The van der Waals surface area contributed by atoms with Gasteiger partial charge in [0.25, 0.3) is 11.7 Å². The van der Waals surface area contributed by atoms with Gasteiger partial charge < -0.3 is 23.9 Å². The number of carbonyl (C=O) groups excluding carboxylic acids is 2. The van der Waals surface area contributed by atoms with Gasteiger partial charge in [0.15, 0.2) is 0 Å². The Bertz CT molecular complexity index is 1240. The summed E-state index contributed by atoms with van der Waals surface area (Å²) in [6.07, 6.45) is 1.51. The lowest BCUT2D eigenvalue weighted by atomic mass is 9.92. The monoisotopic (exact) mass is 461 g/mol. The Morgan fingerprint density at radius 1 is 1.03 bits per heavy atom. The van der Waals surface area contributed by atoms with Crippen molar-refractivity contribution in [3.63, 3.8) is 0 Å². The molecule has 7 nitrogen and oxygen atoms in total. The van der Waals surface area contributed by atoms with Crippen molar-refractivity contribution in [3.05, 3.63) is 88.9 Å². The topological polar surface area (TPSA) is 89.2 Å². The average molecular weight is 462 g/mol. The molecular weight excluding hydrogens is 434 g/mol. The highest BCUT2D eigenvalue weighted by Gasteiger charge is 2.47. The Hall–Kier alpha value is -4.00. The van der Waals surface area contributed by atoms with Crippen molar-refractivity contribution in [2.24, 2.45) is 0 Å². The number of aliphatic hydroxyl groups excluding tert-OH is 1. The van der Waals surface area contributed by atoms with Crippen molar-refractivity contribution in [1.82, 2.24) is 4.90 Å². The first-order valence-corrected chi connectivity index (χ1v) is 11.0. The summed E-state index contributed by atoms with van der Waals surface area (Å²) in [4.78, 5) is 27.8. The van der Waals surface area contributed by atoms with Crippen LogP contribution in [0.3, 0.4) is 0 Å². The highest BCUT2D eigenvalue weighted by Crippen LogP contribution is 2.43. The zero-order valence-electron chi connectivity index (χ0n) is 19.6. The fraction of sp³-hybridized carbons (Fsp3) is 0.259. The SMILES string of the molecule is COc1ccc(/C(O)=C2\C(=O)C(=O)N(Cc3ccco3)C2c2ccccc2OC)cc1C(C)C. The lowest BCUT2D eigenvalue weighted by Gasteiger charge is -2.26. The summed E-state index contributed by atoms with van der Waals surface area (Å²) >= 11 is 0. The number of nitrogens with zero attached hydrogens (tertiary/aromatic N) is 1. The van der Waals surface area contributed by atoms with E-state index >= 15 is 0 Å². The first kappa shape index (κ1) is 23.2. The maximum atomic E-state index is 13.3. The van der Waals surface area contributed by atoms with Gasteiger partial charge >= 0.3 is 0 Å². The Kier molecular flexibility index (Phi) is 6.45. The second-order valence-electron chi connectivity index (χ2n) is 8.36. The molecule has 1 unspecified atom stereocenters. The Labute approximate surface area is 198 Å². The normalized spacial score (nSPS) is 17.4. The predicted molar refractivity (Wildman–Crippen MR) is 127 cm³/mol. The van der Waals surface area contributed by atoms with Crippen LogP contribution >= 0.6 is 0 Å². The van der Waals surface area contributed by atoms with E-state index in [9.17, 15) is 14.7 Å². The Balaban J connectivity index is 1.92. The molecule has 1 aliphatic heterocycles. The number of likely N-dealkylation sites (tertiary alicyclic amines) is 1. The van der Waals surface area contributed by atoms with E-state index in [2.05, 4.69) is 0 Å². The van der Waals surface area contributed by atoms with Gasteiger partial charge in [0, 0.05) is 11.1 Å². The summed E-state index contributed by atoms with van der Waals surface area (Å²) in [5, 5.41) is 11.4. The Morgan fingerprint density at radius 3 is 2.41 bits per heavy atom. The third-order valence-electron chi connectivity index (χ3n) is 6.00. The minimum atomic E-state index is -0.856. The molecule has 0 bridgehead atoms. The molecule has 1 N–H and O–H groups in total. The van der Waals surface area contributed by atoms with Crippen LogP contribution in [0.1, 0.15) is 48.3 Å². The number of ketones is 1. The van der Waals surface area contributed by atoms with Crippen molar-refractivity contribution in [2.75, 3.05) is 14.2 Å². The summed E-state index contributed by atoms with van der Waals surface area (Å²) in [6.45, 7) is 4.09. The van der Waals surface area contributed by atoms with Gasteiger partial charge in [-0.15, -0.1) is 0 Å². The lowest BCUT2D eigenvalue weighted by molar-refractivity contribution is -0.140. The third-order valence-corrected chi connectivity index (χ3v) is 6.00. The van der Waals surface area contributed by atoms with Crippen LogP contribution in [0.4, 0.5) is 0 Å². The van der Waals surface area contributed by atoms with Gasteiger partial charge in [0.05, 0.1) is 38.6 Å². The molecule has 0 aliphatic carbocycles.